The molecule has 2 heterocycles. The van der Waals surface area contributed by atoms with E-state index in [4.69, 9.17) is 10.7 Å². The van der Waals surface area contributed by atoms with Gasteiger partial charge in [-0.1, -0.05) is 32.1 Å². The summed E-state index contributed by atoms with van der Waals surface area (Å²) in [4.78, 5) is 7.00. The Bertz CT molecular complexity index is 408. The molecule has 1 saturated carbocycles. The Morgan fingerprint density at radius 2 is 1.75 bits per heavy atom. The van der Waals surface area contributed by atoms with Gasteiger partial charge in [0.1, 0.15) is 5.82 Å². The predicted octanol–water partition coefficient (Wildman–Crippen LogP) is 2.56. The van der Waals surface area contributed by atoms with Crippen molar-refractivity contribution in [3.63, 3.8) is 0 Å². The van der Waals surface area contributed by atoms with E-state index in [-0.39, 0.29) is 6.04 Å². The van der Waals surface area contributed by atoms with E-state index in [0.717, 1.165) is 37.7 Å². The van der Waals surface area contributed by atoms with Crippen LogP contribution in [-0.4, -0.2) is 34.3 Å². The van der Waals surface area contributed by atoms with E-state index in [2.05, 4.69) is 15.1 Å². The first kappa shape index (κ1) is 13.9. The average Bonchev–Trinajstić information content (AvgIpc) is 2.88. The van der Waals surface area contributed by atoms with E-state index in [1.807, 2.05) is 0 Å². The lowest BCUT2D eigenvalue weighted by molar-refractivity contribution is 0.443. The fourth-order valence-electron chi connectivity index (χ4n) is 3.51. The Morgan fingerprint density at radius 1 is 1.00 bits per heavy atom. The van der Waals surface area contributed by atoms with Gasteiger partial charge in [-0.3, -0.25) is 5.10 Å². The van der Waals surface area contributed by atoms with Crippen LogP contribution in [-0.2, 0) is 0 Å². The summed E-state index contributed by atoms with van der Waals surface area (Å²) in [6.07, 6.45) is 11.6. The lowest BCUT2D eigenvalue weighted by Crippen LogP contribution is -2.43. The largest absolute Gasteiger partial charge is 0.338 e. The number of anilines is 1. The number of aromatic nitrogens is 3. The molecule has 1 aliphatic heterocycles. The number of nitrogens with one attached hydrogen (secondary N) is 1. The molecule has 3 N–H and O–H groups in total. The third-order valence-electron chi connectivity index (χ3n) is 4.72. The van der Waals surface area contributed by atoms with Gasteiger partial charge in [0.15, 0.2) is 0 Å². The first-order valence-electron chi connectivity index (χ1n) is 8.26. The van der Waals surface area contributed by atoms with Gasteiger partial charge in [-0.2, -0.15) is 4.98 Å². The molecular weight excluding hydrogens is 250 g/mol. The second-order valence-corrected chi connectivity index (χ2v) is 6.41. The number of H-pyrrole nitrogens is 1. The first-order chi connectivity index (χ1) is 9.83. The fourth-order valence-corrected chi connectivity index (χ4v) is 3.51. The van der Waals surface area contributed by atoms with E-state index < -0.39 is 0 Å². The lowest BCUT2D eigenvalue weighted by Gasteiger charge is -2.29. The maximum absolute atomic E-state index is 6.04. The van der Waals surface area contributed by atoms with E-state index >= 15 is 0 Å². The molecule has 112 valence electrons. The van der Waals surface area contributed by atoms with Crippen molar-refractivity contribution in [1.29, 1.82) is 0 Å². The fraction of sp³-hybridized carbons (Fsp3) is 0.867. The smallest absolute Gasteiger partial charge is 0.244 e. The number of nitrogens with two attached hydrogens (primary N) is 1. The molecule has 0 aromatic carbocycles. The van der Waals surface area contributed by atoms with Crippen LogP contribution in [0.2, 0.25) is 0 Å². The van der Waals surface area contributed by atoms with Gasteiger partial charge in [0.05, 0.1) is 0 Å². The number of rotatable bonds is 2. The minimum Gasteiger partial charge on any atom is -0.338 e. The number of nitrogens with zero attached hydrogens (tertiary/aromatic N) is 3. The summed E-state index contributed by atoms with van der Waals surface area (Å²) >= 11 is 0. The highest BCUT2D eigenvalue weighted by Crippen LogP contribution is 2.29. The highest BCUT2D eigenvalue weighted by Gasteiger charge is 2.22. The molecule has 3 rings (SSSR count). The highest BCUT2D eigenvalue weighted by atomic mass is 15.4. The van der Waals surface area contributed by atoms with Gasteiger partial charge in [-0.05, 0) is 25.7 Å². The van der Waals surface area contributed by atoms with Crippen LogP contribution in [0, 0.1) is 0 Å². The second-order valence-electron chi connectivity index (χ2n) is 6.41. The maximum Gasteiger partial charge on any atom is 0.244 e. The molecule has 1 aromatic rings. The van der Waals surface area contributed by atoms with Crippen molar-refractivity contribution in [3.05, 3.63) is 5.82 Å². The van der Waals surface area contributed by atoms with Crippen LogP contribution in [0.1, 0.15) is 69.5 Å². The molecule has 0 spiro atoms. The third-order valence-corrected chi connectivity index (χ3v) is 4.72. The maximum atomic E-state index is 6.04. The van der Waals surface area contributed by atoms with Crippen LogP contribution in [0.4, 0.5) is 5.95 Å². The predicted molar refractivity (Wildman–Crippen MR) is 80.9 cm³/mol. The molecule has 5 nitrogen and oxygen atoms in total. The molecule has 1 aliphatic carbocycles. The molecule has 0 amide bonds. The Kier molecular flexibility index (Phi) is 4.55. The van der Waals surface area contributed by atoms with Gasteiger partial charge in [0, 0.05) is 25.0 Å². The summed E-state index contributed by atoms with van der Waals surface area (Å²) in [5.41, 5.74) is 6.04. The van der Waals surface area contributed by atoms with Crippen molar-refractivity contribution < 1.29 is 0 Å². The zero-order valence-corrected chi connectivity index (χ0v) is 12.4. The Hall–Kier alpha value is -1.10. The SMILES string of the molecule is NC1CCCN(c2n[nH]c(C3CCCCCCC3)n2)C1. The lowest BCUT2D eigenvalue weighted by atomic mass is 9.91. The molecule has 5 heteroatoms. The quantitative estimate of drug-likeness (QED) is 0.871. The molecule has 0 bridgehead atoms. The van der Waals surface area contributed by atoms with Gasteiger partial charge >= 0.3 is 0 Å². The van der Waals surface area contributed by atoms with Crippen LogP contribution in [0.3, 0.4) is 0 Å². The Balaban J connectivity index is 1.65. The van der Waals surface area contributed by atoms with Crippen LogP contribution in [0.15, 0.2) is 0 Å². The van der Waals surface area contributed by atoms with Crippen LogP contribution < -0.4 is 10.6 Å². The average molecular weight is 277 g/mol. The summed E-state index contributed by atoms with van der Waals surface area (Å²) in [5.74, 6) is 2.54. The zero-order chi connectivity index (χ0) is 13.8. The minimum absolute atomic E-state index is 0.270. The molecule has 1 aromatic heterocycles. The van der Waals surface area contributed by atoms with Crippen LogP contribution in [0.5, 0.6) is 0 Å². The van der Waals surface area contributed by atoms with Gasteiger partial charge in [-0.15, -0.1) is 5.10 Å². The second kappa shape index (κ2) is 6.57. The summed E-state index contributed by atoms with van der Waals surface area (Å²) in [5, 5.41) is 7.63. The number of hydrogen-bond acceptors (Lipinski definition) is 4. The van der Waals surface area contributed by atoms with Crippen LogP contribution >= 0.6 is 0 Å². The van der Waals surface area contributed by atoms with E-state index in [1.165, 1.54) is 44.9 Å². The molecule has 1 unspecified atom stereocenters. The molecule has 0 radical (unpaired) electrons. The standard InChI is InChI=1S/C15H27N5/c16-13-9-6-10-20(11-13)15-17-14(18-19-15)12-7-4-2-1-3-5-8-12/h12-13H,1-11,16H2,(H,17,18,19). The van der Waals surface area contributed by atoms with E-state index in [0.29, 0.717) is 5.92 Å². The van der Waals surface area contributed by atoms with Crippen molar-refractivity contribution in [3.8, 4) is 0 Å². The summed E-state index contributed by atoms with van der Waals surface area (Å²) in [6.45, 7) is 1.93. The van der Waals surface area contributed by atoms with Gasteiger partial charge in [-0.25, -0.2) is 0 Å². The summed E-state index contributed by atoms with van der Waals surface area (Å²) in [7, 11) is 0. The molecule has 2 aliphatic rings. The van der Waals surface area contributed by atoms with Gasteiger partial charge in [0.25, 0.3) is 0 Å². The topological polar surface area (TPSA) is 70.8 Å². The first-order valence-corrected chi connectivity index (χ1v) is 8.26. The van der Waals surface area contributed by atoms with Crippen molar-refractivity contribution in [1.82, 2.24) is 15.2 Å². The number of hydrogen-bond donors (Lipinski definition) is 2. The van der Waals surface area contributed by atoms with E-state index in [9.17, 15) is 0 Å². The molecule has 2 fully saturated rings. The van der Waals surface area contributed by atoms with Gasteiger partial charge < -0.3 is 10.6 Å². The highest BCUT2D eigenvalue weighted by molar-refractivity contribution is 5.30. The molecular formula is C15H27N5. The Labute approximate surface area is 121 Å². The third kappa shape index (κ3) is 3.32. The van der Waals surface area contributed by atoms with Gasteiger partial charge in [0.2, 0.25) is 5.95 Å². The normalized spacial score (nSPS) is 26.2. The number of aromatic amines is 1. The Morgan fingerprint density at radius 3 is 2.50 bits per heavy atom. The molecule has 20 heavy (non-hydrogen) atoms. The van der Waals surface area contributed by atoms with Crippen molar-refractivity contribution >= 4 is 5.95 Å². The summed E-state index contributed by atoms with van der Waals surface area (Å²) in [6, 6.07) is 0.270. The number of piperidine rings is 1. The summed E-state index contributed by atoms with van der Waals surface area (Å²) < 4.78 is 0. The van der Waals surface area contributed by atoms with Crippen molar-refractivity contribution in [2.24, 2.45) is 5.73 Å². The van der Waals surface area contributed by atoms with Crippen LogP contribution in [0.25, 0.3) is 0 Å². The molecule has 1 saturated heterocycles. The molecule has 1 atom stereocenters. The zero-order valence-electron chi connectivity index (χ0n) is 12.4. The van der Waals surface area contributed by atoms with Crippen molar-refractivity contribution in [2.75, 3.05) is 18.0 Å². The van der Waals surface area contributed by atoms with Crippen molar-refractivity contribution in [2.45, 2.75) is 69.7 Å². The minimum atomic E-state index is 0.270. The monoisotopic (exact) mass is 277 g/mol. The van der Waals surface area contributed by atoms with E-state index in [1.54, 1.807) is 0 Å².